The van der Waals surface area contributed by atoms with E-state index in [1.54, 1.807) is 13.0 Å². The number of hydrogen-bond acceptors (Lipinski definition) is 4. The lowest BCUT2D eigenvalue weighted by Crippen LogP contribution is -2.23. The van der Waals surface area contributed by atoms with Gasteiger partial charge < -0.3 is 15.2 Å². The van der Waals surface area contributed by atoms with Gasteiger partial charge in [-0.1, -0.05) is 0 Å². The van der Waals surface area contributed by atoms with Crippen LogP contribution in [0, 0.1) is 5.82 Å². The van der Waals surface area contributed by atoms with Crippen molar-refractivity contribution in [3.63, 3.8) is 0 Å². The van der Waals surface area contributed by atoms with Crippen LogP contribution in [0.1, 0.15) is 25.0 Å². The molecule has 5 heteroatoms. The maximum atomic E-state index is 14.4. The average Bonchev–Trinajstić information content (AvgIpc) is 2.34. The fourth-order valence-electron chi connectivity index (χ4n) is 2.05. The molecule has 0 fully saturated rings. The zero-order valence-corrected chi connectivity index (χ0v) is 10.6. The predicted molar refractivity (Wildman–Crippen MR) is 68.0 cm³/mol. The molecule has 1 aromatic rings. The molecule has 2 rings (SSSR count). The fraction of sp³-hybridized carbons (Fsp3) is 0.462. The number of hydrogen-bond donors (Lipinski definition) is 1. The van der Waals surface area contributed by atoms with Gasteiger partial charge in [-0.3, -0.25) is 4.99 Å². The second kappa shape index (κ2) is 5.25. The molecule has 1 aromatic carbocycles. The number of aliphatic imine (C=N–C) groups is 1. The Balaban J connectivity index is 2.57. The van der Waals surface area contributed by atoms with Gasteiger partial charge in [-0.15, -0.1) is 0 Å². The number of halogens is 1. The molecule has 0 bridgehead atoms. The van der Waals surface area contributed by atoms with Gasteiger partial charge in [0.1, 0.15) is 5.84 Å². The van der Waals surface area contributed by atoms with Crippen LogP contribution in [0.3, 0.4) is 0 Å². The van der Waals surface area contributed by atoms with E-state index in [0.717, 1.165) is 5.56 Å². The highest BCUT2D eigenvalue weighted by Gasteiger charge is 2.24. The van der Waals surface area contributed by atoms with Crippen molar-refractivity contribution in [3.8, 4) is 11.5 Å². The average molecular weight is 252 g/mol. The largest absolute Gasteiger partial charge is 0.490 e. The molecule has 1 aliphatic rings. The molecule has 0 atom stereocenters. The third-order valence-electron chi connectivity index (χ3n) is 2.78. The minimum Gasteiger partial charge on any atom is -0.490 e. The van der Waals surface area contributed by atoms with Crippen molar-refractivity contribution in [1.29, 1.82) is 0 Å². The predicted octanol–water partition coefficient (Wildman–Crippen LogP) is 1.88. The van der Waals surface area contributed by atoms with Gasteiger partial charge in [0.05, 0.1) is 18.8 Å². The summed E-state index contributed by atoms with van der Waals surface area (Å²) in [6.07, 6.45) is 0.666. The molecule has 98 valence electrons. The van der Waals surface area contributed by atoms with Crippen molar-refractivity contribution < 1.29 is 13.9 Å². The van der Waals surface area contributed by atoms with Crippen molar-refractivity contribution in [2.45, 2.75) is 20.3 Å². The first-order valence-corrected chi connectivity index (χ1v) is 6.10. The highest BCUT2D eigenvalue weighted by Crippen LogP contribution is 2.36. The molecule has 0 saturated carbocycles. The van der Waals surface area contributed by atoms with Gasteiger partial charge in [0.15, 0.2) is 17.3 Å². The molecule has 18 heavy (non-hydrogen) atoms. The number of ether oxygens (including phenoxy) is 2. The Kier molecular flexibility index (Phi) is 3.69. The normalized spacial score (nSPS) is 13.8. The summed E-state index contributed by atoms with van der Waals surface area (Å²) in [5.41, 5.74) is 6.93. The van der Waals surface area contributed by atoms with Crippen LogP contribution in [0.5, 0.6) is 11.5 Å². The lowest BCUT2D eigenvalue weighted by atomic mass is 9.99. The van der Waals surface area contributed by atoms with Gasteiger partial charge in [-0.2, -0.15) is 0 Å². The van der Waals surface area contributed by atoms with Crippen LogP contribution in [0.15, 0.2) is 11.1 Å². The molecule has 1 aliphatic heterocycles. The third kappa shape index (κ3) is 2.12. The van der Waals surface area contributed by atoms with Gasteiger partial charge in [0, 0.05) is 6.54 Å². The Morgan fingerprint density at radius 2 is 2.06 bits per heavy atom. The van der Waals surface area contributed by atoms with Crippen LogP contribution < -0.4 is 15.2 Å². The van der Waals surface area contributed by atoms with Crippen molar-refractivity contribution in [2.24, 2.45) is 10.7 Å². The van der Waals surface area contributed by atoms with E-state index in [2.05, 4.69) is 4.99 Å². The van der Waals surface area contributed by atoms with E-state index in [1.165, 1.54) is 0 Å². The summed E-state index contributed by atoms with van der Waals surface area (Å²) < 4.78 is 25.2. The van der Waals surface area contributed by atoms with Crippen molar-refractivity contribution in [1.82, 2.24) is 0 Å². The zero-order chi connectivity index (χ0) is 13.1. The Bertz CT molecular complexity index is 486. The molecule has 0 aliphatic carbocycles. The Morgan fingerprint density at radius 3 is 2.72 bits per heavy atom. The molecule has 0 amide bonds. The molecule has 4 nitrogen and oxygen atoms in total. The third-order valence-corrected chi connectivity index (χ3v) is 2.78. The molecule has 0 spiro atoms. The molecule has 2 N–H and O–H groups in total. The SMILES string of the molecule is CCOc1cc2c(c(F)c1OCC)C(N)=NCC2. The minimum absolute atomic E-state index is 0.123. The fourth-order valence-corrected chi connectivity index (χ4v) is 2.05. The van der Waals surface area contributed by atoms with Crippen LogP contribution in [-0.2, 0) is 6.42 Å². The first-order chi connectivity index (χ1) is 8.69. The van der Waals surface area contributed by atoms with Crippen molar-refractivity contribution >= 4 is 5.84 Å². The summed E-state index contributed by atoms with van der Waals surface area (Å²) >= 11 is 0. The second-order valence-electron chi connectivity index (χ2n) is 3.93. The summed E-state index contributed by atoms with van der Waals surface area (Å²) in [4.78, 5) is 4.07. The summed E-state index contributed by atoms with van der Waals surface area (Å²) in [7, 11) is 0. The highest BCUT2D eigenvalue weighted by molar-refractivity contribution is 6.00. The molecule has 1 heterocycles. The molecule has 0 saturated heterocycles. The van der Waals surface area contributed by atoms with E-state index in [0.29, 0.717) is 37.5 Å². The maximum absolute atomic E-state index is 14.4. The van der Waals surface area contributed by atoms with Crippen LogP contribution in [0.25, 0.3) is 0 Å². The Morgan fingerprint density at radius 1 is 1.33 bits per heavy atom. The van der Waals surface area contributed by atoms with E-state index < -0.39 is 5.82 Å². The van der Waals surface area contributed by atoms with E-state index in [1.807, 2.05) is 6.92 Å². The molecular weight excluding hydrogens is 235 g/mol. The summed E-state index contributed by atoms with van der Waals surface area (Å²) in [6, 6.07) is 1.80. The number of amidine groups is 1. The quantitative estimate of drug-likeness (QED) is 0.890. The van der Waals surface area contributed by atoms with Gasteiger partial charge in [0.2, 0.25) is 0 Å². The molecular formula is C13H17FN2O2. The van der Waals surface area contributed by atoms with Crippen molar-refractivity contribution in [3.05, 3.63) is 23.0 Å². The first-order valence-electron chi connectivity index (χ1n) is 6.10. The van der Waals surface area contributed by atoms with E-state index >= 15 is 0 Å². The standard InChI is InChI=1S/C13H17FN2O2/c1-3-17-9-7-8-5-6-16-13(15)10(8)11(14)12(9)18-4-2/h7H,3-6H2,1-2H3,(H2,15,16). The van der Waals surface area contributed by atoms with Crippen molar-refractivity contribution in [2.75, 3.05) is 19.8 Å². The molecule has 0 unspecified atom stereocenters. The monoisotopic (exact) mass is 252 g/mol. The Labute approximate surface area is 106 Å². The zero-order valence-electron chi connectivity index (χ0n) is 10.6. The molecule has 0 radical (unpaired) electrons. The number of fused-ring (bicyclic) bond motifs is 1. The molecule has 0 aromatic heterocycles. The van der Waals surface area contributed by atoms with E-state index in [4.69, 9.17) is 15.2 Å². The maximum Gasteiger partial charge on any atom is 0.197 e. The van der Waals surface area contributed by atoms with E-state index in [9.17, 15) is 4.39 Å². The number of nitrogens with zero attached hydrogens (tertiary/aromatic N) is 1. The number of nitrogens with two attached hydrogens (primary N) is 1. The van der Waals surface area contributed by atoms with Crippen LogP contribution in [-0.4, -0.2) is 25.6 Å². The summed E-state index contributed by atoms with van der Waals surface area (Å²) in [6.45, 7) is 5.06. The first kappa shape index (κ1) is 12.7. The topological polar surface area (TPSA) is 56.8 Å². The van der Waals surface area contributed by atoms with Gasteiger partial charge in [0.25, 0.3) is 0 Å². The van der Waals surface area contributed by atoms with Crippen LogP contribution in [0.2, 0.25) is 0 Å². The highest BCUT2D eigenvalue weighted by atomic mass is 19.1. The Hall–Kier alpha value is -1.78. The van der Waals surface area contributed by atoms with E-state index in [-0.39, 0.29) is 11.6 Å². The van der Waals surface area contributed by atoms with Crippen LogP contribution >= 0.6 is 0 Å². The summed E-state index contributed by atoms with van der Waals surface area (Å²) in [5.74, 6) is 0.319. The number of rotatable bonds is 4. The van der Waals surface area contributed by atoms with Gasteiger partial charge >= 0.3 is 0 Å². The lowest BCUT2D eigenvalue weighted by Gasteiger charge is -2.19. The summed E-state index contributed by atoms with van der Waals surface area (Å²) in [5, 5.41) is 0. The lowest BCUT2D eigenvalue weighted by molar-refractivity contribution is 0.275. The smallest absolute Gasteiger partial charge is 0.197 e. The number of benzene rings is 1. The van der Waals surface area contributed by atoms with Crippen LogP contribution in [0.4, 0.5) is 4.39 Å². The second-order valence-corrected chi connectivity index (χ2v) is 3.93. The minimum atomic E-state index is -0.473. The van der Waals surface area contributed by atoms with Gasteiger partial charge in [-0.05, 0) is 31.9 Å². The van der Waals surface area contributed by atoms with Gasteiger partial charge in [-0.25, -0.2) is 4.39 Å².